The summed E-state index contributed by atoms with van der Waals surface area (Å²) in [6.45, 7) is 0. The molecule has 0 saturated carbocycles. The number of hydrogen-bond donors (Lipinski definition) is 0. The first kappa shape index (κ1) is 20.4. The molecule has 0 atom stereocenters. The van der Waals surface area contributed by atoms with Gasteiger partial charge in [0.2, 0.25) is 0 Å². The van der Waals surface area contributed by atoms with Gasteiger partial charge in [-0.05, 0) is 45.8 Å². The first-order chi connectivity index (χ1) is 17.8. The Morgan fingerprint density at radius 3 is 1.33 bits per heavy atom. The molecule has 4 heteroatoms. The molecular weight excluding hydrogens is 440 g/mol. The Morgan fingerprint density at radius 1 is 0.417 bits per heavy atom. The van der Waals surface area contributed by atoms with Gasteiger partial charge in [0.1, 0.15) is 0 Å². The second-order valence-electron chi connectivity index (χ2n) is 8.83. The van der Waals surface area contributed by atoms with Gasteiger partial charge in [0, 0.05) is 47.0 Å². The predicted octanol–water partition coefficient (Wildman–Crippen LogP) is 7.43. The molecule has 0 unspecified atom stereocenters. The molecule has 2 aromatic heterocycles. The SMILES string of the molecule is c1ccc2cc(/C3=N/c4ccncc4/C(c4ccc5ccccc5c4)=N\c4ccncc43)ccc2c1. The second-order valence-corrected chi connectivity index (χ2v) is 8.83. The highest BCUT2D eigenvalue weighted by atomic mass is 14.9. The van der Waals surface area contributed by atoms with Crippen molar-refractivity contribution in [2.45, 2.75) is 0 Å². The van der Waals surface area contributed by atoms with Crippen LogP contribution in [0.2, 0.25) is 0 Å². The number of aromatic nitrogens is 2. The molecule has 0 N–H and O–H groups in total. The van der Waals surface area contributed by atoms with Crippen LogP contribution in [0.5, 0.6) is 0 Å². The molecule has 0 bridgehead atoms. The fourth-order valence-corrected chi connectivity index (χ4v) is 4.81. The van der Waals surface area contributed by atoms with Gasteiger partial charge in [0.05, 0.1) is 22.8 Å². The minimum absolute atomic E-state index is 0.828. The van der Waals surface area contributed by atoms with Crippen molar-refractivity contribution in [1.29, 1.82) is 0 Å². The minimum atomic E-state index is 0.828. The van der Waals surface area contributed by atoms with Gasteiger partial charge in [0.15, 0.2) is 0 Å². The lowest BCUT2D eigenvalue weighted by molar-refractivity contribution is 1.26. The molecular formula is C32H20N4. The number of pyridine rings is 2. The average Bonchev–Trinajstić information content (AvgIpc) is 2.94. The third-order valence-corrected chi connectivity index (χ3v) is 6.62. The highest BCUT2D eigenvalue weighted by Crippen LogP contribution is 2.33. The molecule has 0 spiro atoms. The lowest BCUT2D eigenvalue weighted by Gasteiger charge is -2.18. The van der Waals surface area contributed by atoms with Crippen LogP contribution in [0.1, 0.15) is 22.3 Å². The maximum absolute atomic E-state index is 5.21. The van der Waals surface area contributed by atoms with Gasteiger partial charge in [-0.15, -0.1) is 0 Å². The number of benzene rings is 4. The van der Waals surface area contributed by atoms with E-state index >= 15 is 0 Å². The van der Waals surface area contributed by atoms with Crippen molar-refractivity contribution in [1.82, 2.24) is 9.97 Å². The first-order valence-electron chi connectivity index (χ1n) is 11.9. The highest BCUT2D eigenvalue weighted by Gasteiger charge is 2.20. The van der Waals surface area contributed by atoms with Crippen LogP contribution in [-0.4, -0.2) is 21.4 Å². The van der Waals surface area contributed by atoms with E-state index in [1.165, 1.54) is 21.5 Å². The van der Waals surface area contributed by atoms with Crippen LogP contribution in [-0.2, 0) is 0 Å². The molecule has 0 amide bonds. The van der Waals surface area contributed by atoms with Crippen LogP contribution >= 0.6 is 0 Å². The van der Waals surface area contributed by atoms with Crippen molar-refractivity contribution >= 4 is 44.3 Å². The predicted molar refractivity (Wildman–Crippen MR) is 147 cm³/mol. The smallest absolute Gasteiger partial charge is 0.0819 e. The molecule has 3 heterocycles. The van der Waals surface area contributed by atoms with E-state index in [0.717, 1.165) is 45.1 Å². The first-order valence-corrected chi connectivity index (χ1v) is 11.9. The van der Waals surface area contributed by atoms with Crippen LogP contribution in [0.15, 0.2) is 132 Å². The maximum Gasteiger partial charge on any atom is 0.0819 e. The number of aliphatic imine (C=N–C) groups is 2. The molecule has 1 aliphatic heterocycles. The summed E-state index contributed by atoms with van der Waals surface area (Å²) in [5, 5.41) is 4.72. The highest BCUT2D eigenvalue weighted by molar-refractivity contribution is 6.23. The fraction of sp³-hybridized carbons (Fsp3) is 0. The molecule has 0 aliphatic carbocycles. The van der Waals surface area contributed by atoms with E-state index < -0.39 is 0 Å². The lowest BCUT2D eigenvalue weighted by Crippen LogP contribution is -2.11. The standard InChI is InChI=1S/C32H20N4/c1-3-7-23-17-25(11-9-21(23)5-1)31-27-19-33-15-13-29(27)36-32(28-20-34-16-14-30(28)35-31)26-12-10-22-6-2-4-8-24(22)18-26/h1-20H/b31-27?,32-28?,35-30?,35-31-,36-29?,36-32-. The average molecular weight is 461 g/mol. The molecule has 0 fully saturated rings. The van der Waals surface area contributed by atoms with Crippen molar-refractivity contribution < 1.29 is 0 Å². The number of fused-ring (bicyclic) bond motifs is 4. The summed E-state index contributed by atoms with van der Waals surface area (Å²) in [7, 11) is 0. The van der Waals surface area contributed by atoms with Crippen LogP contribution in [0.4, 0.5) is 11.4 Å². The Morgan fingerprint density at radius 2 is 0.861 bits per heavy atom. The summed E-state index contributed by atoms with van der Waals surface area (Å²) in [5.41, 5.74) is 7.19. The Kier molecular flexibility index (Phi) is 4.74. The van der Waals surface area contributed by atoms with E-state index in [4.69, 9.17) is 9.98 Å². The summed E-state index contributed by atoms with van der Waals surface area (Å²) >= 11 is 0. The summed E-state index contributed by atoms with van der Waals surface area (Å²) in [6.07, 6.45) is 7.28. The summed E-state index contributed by atoms with van der Waals surface area (Å²) < 4.78 is 0. The number of rotatable bonds is 2. The molecule has 6 aromatic rings. The fourth-order valence-electron chi connectivity index (χ4n) is 4.81. The van der Waals surface area contributed by atoms with E-state index in [2.05, 4.69) is 94.9 Å². The van der Waals surface area contributed by atoms with Crippen LogP contribution in [0.3, 0.4) is 0 Å². The Balaban J connectivity index is 1.48. The molecule has 36 heavy (non-hydrogen) atoms. The summed E-state index contributed by atoms with van der Waals surface area (Å²) in [5.74, 6) is 0. The molecule has 4 nitrogen and oxygen atoms in total. The molecule has 1 aliphatic rings. The van der Waals surface area contributed by atoms with Crippen LogP contribution in [0, 0.1) is 0 Å². The van der Waals surface area contributed by atoms with Gasteiger partial charge in [-0.25, -0.2) is 9.98 Å². The van der Waals surface area contributed by atoms with Crippen molar-refractivity contribution in [3.8, 4) is 0 Å². The maximum atomic E-state index is 5.21. The molecule has 7 rings (SSSR count). The molecule has 168 valence electrons. The zero-order valence-corrected chi connectivity index (χ0v) is 19.3. The second kappa shape index (κ2) is 8.36. The quantitative estimate of drug-likeness (QED) is 0.269. The third kappa shape index (κ3) is 3.48. The minimum Gasteiger partial charge on any atom is -0.264 e. The topological polar surface area (TPSA) is 50.5 Å². The van der Waals surface area contributed by atoms with Crippen molar-refractivity contribution in [3.63, 3.8) is 0 Å². The normalized spacial score (nSPS) is 15.7. The Bertz CT molecular complexity index is 1710. The van der Waals surface area contributed by atoms with Gasteiger partial charge in [-0.1, -0.05) is 72.8 Å². The third-order valence-electron chi connectivity index (χ3n) is 6.62. The van der Waals surface area contributed by atoms with Gasteiger partial charge >= 0.3 is 0 Å². The van der Waals surface area contributed by atoms with Crippen LogP contribution in [0.25, 0.3) is 21.5 Å². The van der Waals surface area contributed by atoms with Gasteiger partial charge in [0.25, 0.3) is 0 Å². The van der Waals surface area contributed by atoms with E-state index in [1.54, 1.807) is 12.4 Å². The van der Waals surface area contributed by atoms with E-state index in [9.17, 15) is 0 Å². The van der Waals surface area contributed by atoms with E-state index in [-0.39, 0.29) is 0 Å². The summed E-state index contributed by atoms with van der Waals surface area (Å²) in [6, 6.07) is 33.5. The zero-order valence-electron chi connectivity index (χ0n) is 19.3. The molecule has 0 radical (unpaired) electrons. The van der Waals surface area contributed by atoms with E-state index in [1.807, 2.05) is 24.5 Å². The van der Waals surface area contributed by atoms with Gasteiger partial charge in [-0.2, -0.15) is 0 Å². The van der Waals surface area contributed by atoms with Crippen molar-refractivity contribution in [2.75, 3.05) is 0 Å². The van der Waals surface area contributed by atoms with E-state index in [0.29, 0.717) is 0 Å². The van der Waals surface area contributed by atoms with Crippen LogP contribution < -0.4 is 0 Å². The summed E-state index contributed by atoms with van der Waals surface area (Å²) in [4.78, 5) is 19.3. The van der Waals surface area contributed by atoms with Gasteiger partial charge in [-0.3, -0.25) is 9.97 Å². The number of hydrogen-bond acceptors (Lipinski definition) is 4. The Hall–Kier alpha value is -4.96. The largest absolute Gasteiger partial charge is 0.264 e. The molecule has 4 aromatic carbocycles. The Labute approximate surface area is 208 Å². The number of nitrogens with zero attached hydrogens (tertiary/aromatic N) is 4. The monoisotopic (exact) mass is 460 g/mol. The van der Waals surface area contributed by atoms with Gasteiger partial charge < -0.3 is 0 Å². The van der Waals surface area contributed by atoms with Crippen molar-refractivity contribution in [3.05, 3.63) is 144 Å². The zero-order chi connectivity index (χ0) is 23.9. The lowest BCUT2D eigenvalue weighted by atomic mass is 9.95. The molecule has 0 saturated heterocycles. The van der Waals surface area contributed by atoms with Crippen molar-refractivity contribution in [2.24, 2.45) is 9.98 Å².